The van der Waals surface area contributed by atoms with Crippen LogP contribution in [-0.4, -0.2) is 8.80 Å². The van der Waals surface area contributed by atoms with E-state index in [2.05, 4.69) is 0 Å². The first kappa shape index (κ1) is 14.1. The number of halogens is 6. The van der Waals surface area contributed by atoms with E-state index in [4.69, 9.17) is 0 Å². The van der Waals surface area contributed by atoms with Crippen molar-refractivity contribution in [3.8, 4) is 0 Å². The van der Waals surface area contributed by atoms with Gasteiger partial charge < -0.3 is 0 Å². The van der Waals surface area contributed by atoms with E-state index in [0.717, 1.165) is 12.1 Å². The summed E-state index contributed by atoms with van der Waals surface area (Å²) in [5.74, 6) is 0. The van der Waals surface area contributed by atoms with Crippen molar-refractivity contribution >= 4 is 14.0 Å². The fraction of sp³-hybridized carbons (Fsp3) is 0.400. The minimum Gasteiger partial charge on any atom is -0.292 e. The topological polar surface area (TPSA) is 0 Å². The monoisotopic (exact) mass is 271 g/mol. The molecule has 0 unspecified atom stereocenters. The Hall–Kier alpha value is -0.983. The molecule has 0 aliphatic carbocycles. The second kappa shape index (κ2) is 4.36. The van der Waals surface area contributed by atoms with Gasteiger partial charge in [-0.1, -0.05) is 12.1 Å². The van der Waals surface area contributed by atoms with Crippen molar-refractivity contribution in [1.82, 2.24) is 0 Å². The highest BCUT2D eigenvalue weighted by Gasteiger charge is 2.36. The van der Waals surface area contributed by atoms with Gasteiger partial charge in [-0.05, 0) is 6.07 Å². The van der Waals surface area contributed by atoms with Crippen LogP contribution in [-0.2, 0) is 12.4 Å². The Morgan fingerprint density at radius 1 is 0.765 bits per heavy atom. The number of benzene rings is 1. The molecule has 0 spiro atoms. The Labute approximate surface area is 95.9 Å². The number of hydrogen-bond acceptors (Lipinski definition) is 0. The Morgan fingerprint density at radius 2 is 1.12 bits per heavy atom. The van der Waals surface area contributed by atoms with E-state index in [9.17, 15) is 26.3 Å². The van der Waals surface area contributed by atoms with E-state index in [0.29, 0.717) is 0 Å². The zero-order valence-corrected chi connectivity index (χ0v) is 10.00. The van der Waals surface area contributed by atoms with Crippen LogP contribution in [0.15, 0.2) is 18.2 Å². The van der Waals surface area contributed by atoms with Crippen LogP contribution in [0.3, 0.4) is 0 Å². The minimum atomic E-state index is -4.76. The van der Waals surface area contributed by atoms with Crippen LogP contribution >= 0.6 is 0 Å². The van der Waals surface area contributed by atoms with Gasteiger partial charge >= 0.3 is 12.4 Å². The minimum absolute atomic E-state index is 0.122. The maximum Gasteiger partial charge on any atom is 0.416 e. The summed E-state index contributed by atoms with van der Waals surface area (Å²) in [6.07, 6.45) is -9.51. The van der Waals surface area contributed by atoms with E-state index in [-0.39, 0.29) is 11.3 Å². The Morgan fingerprint density at radius 3 is 1.35 bits per heavy atom. The molecule has 96 valence electrons. The molecular formula is C10H9F6Si-. The predicted molar refractivity (Wildman–Crippen MR) is 53.6 cm³/mol. The third-order valence-electron chi connectivity index (χ3n) is 2.17. The molecule has 0 bridgehead atoms. The van der Waals surface area contributed by atoms with Gasteiger partial charge in [0.1, 0.15) is 0 Å². The van der Waals surface area contributed by atoms with E-state index in [1.165, 1.54) is 0 Å². The van der Waals surface area contributed by atoms with Gasteiger partial charge in [0.05, 0.1) is 11.1 Å². The van der Waals surface area contributed by atoms with E-state index in [1.807, 2.05) is 0 Å². The molecule has 0 saturated heterocycles. The Bertz CT molecular complexity index is 372. The van der Waals surface area contributed by atoms with Crippen LogP contribution < -0.4 is 5.19 Å². The van der Waals surface area contributed by atoms with Crippen molar-refractivity contribution in [3.63, 3.8) is 0 Å². The van der Waals surface area contributed by atoms with Crippen LogP contribution in [0.5, 0.6) is 0 Å². The zero-order chi connectivity index (χ0) is 13.4. The SMILES string of the molecule is C[Si-](C)c1cc(C(F)(F)F)cc(C(F)(F)F)c1. The molecule has 0 amide bonds. The Balaban J connectivity index is 3.40. The lowest BCUT2D eigenvalue weighted by Crippen LogP contribution is -2.26. The molecule has 0 radical (unpaired) electrons. The third-order valence-corrected chi connectivity index (χ3v) is 3.61. The fourth-order valence-electron chi connectivity index (χ4n) is 1.24. The average Bonchev–Trinajstić information content (AvgIpc) is 2.14. The molecule has 0 saturated carbocycles. The van der Waals surface area contributed by atoms with E-state index in [1.54, 1.807) is 13.1 Å². The molecule has 1 rings (SSSR count). The summed E-state index contributed by atoms with van der Waals surface area (Å²) in [6, 6.07) is 1.74. The maximum absolute atomic E-state index is 12.4. The lowest BCUT2D eigenvalue weighted by Gasteiger charge is -2.23. The van der Waals surface area contributed by atoms with Gasteiger partial charge in [-0.3, -0.25) is 8.80 Å². The fourth-order valence-corrected chi connectivity index (χ4v) is 2.13. The summed E-state index contributed by atoms with van der Waals surface area (Å²) in [5, 5.41) is 0.122. The highest BCUT2D eigenvalue weighted by molar-refractivity contribution is 6.70. The average molecular weight is 271 g/mol. The Kier molecular flexibility index (Phi) is 3.61. The smallest absolute Gasteiger partial charge is 0.292 e. The highest BCUT2D eigenvalue weighted by atomic mass is 28.3. The molecule has 0 atom stereocenters. The molecule has 0 nitrogen and oxygen atoms in total. The third kappa shape index (κ3) is 3.49. The van der Waals surface area contributed by atoms with Crippen LogP contribution in [0.2, 0.25) is 13.1 Å². The lowest BCUT2D eigenvalue weighted by atomic mass is 10.1. The molecule has 0 aromatic heterocycles. The number of alkyl halides is 6. The van der Waals surface area contributed by atoms with Gasteiger partial charge in [0.15, 0.2) is 0 Å². The van der Waals surface area contributed by atoms with Crippen molar-refractivity contribution in [1.29, 1.82) is 0 Å². The van der Waals surface area contributed by atoms with Crippen LogP contribution in [0.4, 0.5) is 26.3 Å². The van der Waals surface area contributed by atoms with Crippen molar-refractivity contribution in [2.45, 2.75) is 25.4 Å². The molecule has 0 N–H and O–H groups in total. The molecule has 0 aliphatic heterocycles. The second-order valence-electron chi connectivity index (χ2n) is 3.79. The van der Waals surface area contributed by atoms with E-state index < -0.39 is 32.3 Å². The van der Waals surface area contributed by atoms with Crippen LogP contribution in [0.1, 0.15) is 11.1 Å². The zero-order valence-electron chi connectivity index (χ0n) is 9.00. The van der Waals surface area contributed by atoms with Crippen molar-refractivity contribution in [3.05, 3.63) is 29.3 Å². The van der Waals surface area contributed by atoms with Crippen molar-refractivity contribution in [2.75, 3.05) is 0 Å². The van der Waals surface area contributed by atoms with Gasteiger partial charge in [0, 0.05) is 0 Å². The van der Waals surface area contributed by atoms with Crippen LogP contribution in [0, 0.1) is 0 Å². The molecule has 7 heteroatoms. The highest BCUT2D eigenvalue weighted by Crippen LogP contribution is 2.34. The molecule has 1 aromatic rings. The van der Waals surface area contributed by atoms with Crippen molar-refractivity contribution in [2.24, 2.45) is 0 Å². The molecule has 0 heterocycles. The summed E-state index contributed by atoms with van der Waals surface area (Å²) >= 11 is 0. The first-order valence-corrected chi connectivity index (χ1v) is 7.12. The van der Waals surface area contributed by atoms with Gasteiger partial charge in [0.2, 0.25) is 0 Å². The number of rotatable bonds is 1. The molecule has 0 fully saturated rings. The summed E-state index contributed by atoms with van der Waals surface area (Å²) in [7, 11) is -1.38. The van der Waals surface area contributed by atoms with E-state index >= 15 is 0 Å². The van der Waals surface area contributed by atoms with Crippen molar-refractivity contribution < 1.29 is 26.3 Å². The summed E-state index contributed by atoms with van der Waals surface area (Å²) in [6.45, 7) is 3.28. The molecule has 1 aromatic carbocycles. The normalized spacial score (nSPS) is 12.7. The summed E-state index contributed by atoms with van der Waals surface area (Å²) in [4.78, 5) is 0. The summed E-state index contributed by atoms with van der Waals surface area (Å²) in [5.41, 5.74) is -2.48. The predicted octanol–water partition coefficient (Wildman–Crippen LogP) is 3.69. The molecular weight excluding hydrogens is 262 g/mol. The van der Waals surface area contributed by atoms with Gasteiger partial charge in [-0.2, -0.15) is 44.6 Å². The first-order chi connectivity index (χ1) is 7.51. The summed E-state index contributed by atoms with van der Waals surface area (Å²) < 4.78 is 74.7. The first-order valence-electron chi connectivity index (χ1n) is 4.62. The number of hydrogen-bond donors (Lipinski definition) is 0. The van der Waals surface area contributed by atoms with Gasteiger partial charge in [0.25, 0.3) is 0 Å². The standard InChI is InChI=1S/C10H9F6Si/c1-17(2)8-4-6(9(11,12)13)3-7(5-8)10(14,15)16/h3-5H,1-2H3/q-1. The lowest BCUT2D eigenvalue weighted by molar-refractivity contribution is -0.142. The quantitative estimate of drug-likeness (QED) is 0.540. The molecule has 0 aliphatic rings. The van der Waals surface area contributed by atoms with Crippen LogP contribution in [0.25, 0.3) is 0 Å². The maximum atomic E-state index is 12.4. The van der Waals surface area contributed by atoms with Gasteiger partial charge in [-0.25, -0.2) is 0 Å². The second-order valence-corrected chi connectivity index (χ2v) is 6.37. The molecule has 17 heavy (non-hydrogen) atoms. The van der Waals surface area contributed by atoms with Gasteiger partial charge in [-0.15, -0.1) is 0 Å². The largest absolute Gasteiger partial charge is 0.416 e.